The highest BCUT2D eigenvalue weighted by Gasteiger charge is 2.61. The number of pyridine rings is 1. The molecule has 2 aliphatic heterocycles. The first-order valence-corrected chi connectivity index (χ1v) is 18.0. The number of aliphatic carboxylic acids is 1. The van der Waals surface area contributed by atoms with Gasteiger partial charge >= 0.3 is 5.97 Å². The Kier molecular flexibility index (Phi) is 10.3. The largest absolute Gasteiger partial charge is 0.497 e. The molecule has 2 fully saturated rings. The number of aromatic nitrogens is 2. The van der Waals surface area contributed by atoms with Gasteiger partial charge in [0.1, 0.15) is 40.9 Å². The number of carboxylic acids is 1. The Morgan fingerprint density at radius 3 is 2.70 bits per heavy atom. The number of benzene rings is 1. The molecule has 4 N–H and O–H groups in total. The van der Waals surface area contributed by atoms with Crippen molar-refractivity contribution in [3.8, 4) is 22.9 Å². The number of allylic oxidation sites excluding steroid dienone is 1. The van der Waals surface area contributed by atoms with E-state index < -0.39 is 41.5 Å². The lowest BCUT2D eigenvalue weighted by Crippen LogP contribution is -2.56. The summed E-state index contributed by atoms with van der Waals surface area (Å²) in [6, 6.07) is 5.64. The van der Waals surface area contributed by atoms with Gasteiger partial charge in [-0.3, -0.25) is 14.4 Å². The van der Waals surface area contributed by atoms with E-state index in [4.69, 9.17) is 19.4 Å². The number of anilines is 1. The summed E-state index contributed by atoms with van der Waals surface area (Å²) >= 11 is 1.47. The number of hydrogen-bond acceptors (Lipinski definition) is 10. The monoisotopic (exact) mass is 704 g/mol. The second-order valence-electron chi connectivity index (χ2n) is 13.6. The van der Waals surface area contributed by atoms with Gasteiger partial charge in [0.15, 0.2) is 5.13 Å². The molecule has 1 aromatic carbocycles. The minimum absolute atomic E-state index is 0.0604. The average Bonchev–Trinajstić information content (AvgIpc) is 3.36. The Balaban J connectivity index is 1.34. The van der Waals surface area contributed by atoms with Crippen LogP contribution in [-0.2, 0) is 19.2 Å². The van der Waals surface area contributed by atoms with E-state index in [2.05, 4.69) is 16.0 Å². The summed E-state index contributed by atoms with van der Waals surface area (Å²) in [6.45, 7) is 5.50. The fraction of sp³-hybridized carbons (Fsp3) is 0.500. The van der Waals surface area contributed by atoms with Crippen LogP contribution >= 0.6 is 11.3 Å². The molecule has 50 heavy (non-hydrogen) atoms. The van der Waals surface area contributed by atoms with E-state index in [1.807, 2.05) is 55.6 Å². The highest BCUT2D eigenvalue weighted by Crippen LogP contribution is 2.45. The van der Waals surface area contributed by atoms with Gasteiger partial charge in [0, 0.05) is 48.2 Å². The first-order valence-electron chi connectivity index (χ1n) is 17.1. The van der Waals surface area contributed by atoms with Crippen LogP contribution in [0.1, 0.15) is 65.7 Å². The van der Waals surface area contributed by atoms with E-state index in [0.717, 1.165) is 24.4 Å². The number of methoxy groups -OCH3 is 1. The SMILES string of the molecule is COc1ccc2c(O[C@@H]3C[C@H]4C(=O)N[C@]5(C(=O)O)CC5/C=C\CCCCC[C@H](NC(C)=O)C(=O)N4C3)cc(-c3csc(NC(C)C)n3)nc2c1. The summed E-state index contributed by atoms with van der Waals surface area (Å²) in [7, 11) is 1.58. The molecule has 1 unspecified atom stereocenters. The zero-order valence-corrected chi connectivity index (χ0v) is 29.5. The topological polar surface area (TPSA) is 172 Å². The normalized spacial score (nSPS) is 26.2. The molecule has 3 aliphatic rings. The number of ether oxygens (including phenoxy) is 2. The van der Waals surface area contributed by atoms with Gasteiger partial charge in [-0.15, -0.1) is 11.3 Å². The van der Waals surface area contributed by atoms with Crippen LogP contribution in [0, 0.1) is 5.92 Å². The van der Waals surface area contributed by atoms with E-state index >= 15 is 0 Å². The molecule has 13 nitrogen and oxygen atoms in total. The van der Waals surface area contributed by atoms with E-state index in [9.17, 15) is 24.3 Å². The maximum Gasteiger partial charge on any atom is 0.330 e. The van der Waals surface area contributed by atoms with Crippen LogP contribution in [0.15, 0.2) is 41.8 Å². The molecule has 1 aliphatic carbocycles. The van der Waals surface area contributed by atoms with Crippen molar-refractivity contribution in [3.63, 3.8) is 0 Å². The number of carbonyl (C=O) groups is 4. The van der Waals surface area contributed by atoms with E-state index in [1.165, 1.54) is 23.2 Å². The highest BCUT2D eigenvalue weighted by atomic mass is 32.1. The van der Waals surface area contributed by atoms with Crippen molar-refractivity contribution in [3.05, 3.63) is 41.8 Å². The number of nitrogens with zero attached hydrogens (tertiary/aromatic N) is 3. The zero-order valence-electron chi connectivity index (χ0n) is 28.7. The molecular weight excluding hydrogens is 660 g/mol. The van der Waals surface area contributed by atoms with Crippen LogP contribution < -0.4 is 25.4 Å². The molecule has 0 radical (unpaired) electrons. The van der Waals surface area contributed by atoms with Crippen molar-refractivity contribution < 1.29 is 33.8 Å². The first-order chi connectivity index (χ1) is 24.0. The number of amides is 3. The van der Waals surface area contributed by atoms with Gasteiger partial charge in [-0.05, 0) is 51.7 Å². The Hall–Kier alpha value is -4.72. The van der Waals surface area contributed by atoms with Gasteiger partial charge in [0.25, 0.3) is 0 Å². The molecule has 1 saturated heterocycles. The van der Waals surface area contributed by atoms with Crippen LogP contribution in [0.3, 0.4) is 0 Å². The van der Waals surface area contributed by atoms with Gasteiger partial charge < -0.3 is 35.4 Å². The lowest BCUT2D eigenvalue weighted by Gasteiger charge is -2.29. The molecule has 4 heterocycles. The second kappa shape index (κ2) is 14.6. The minimum Gasteiger partial charge on any atom is -0.497 e. The molecule has 6 rings (SSSR count). The van der Waals surface area contributed by atoms with Crippen molar-refractivity contribution in [2.24, 2.45) is 5.92 Å². The van der Waals surface area contributed by atoms with Crippen LogP contribution in [-0.4, -0.2) is 87.1 Å². The predicted octanol–water partition coefficient (Wildman–Crippen LogP) is 4.52. The van der Waals surface area contributed by atoms with Crippen molar-refractivity contribution >= 4 is 51.1 Å². The van der Waals surface area contributed by atoms with Gasteiger partial charge in [0.2, 0.25) is 17.7 Å². The molecule has 266 valence electrons. The van der Waals surface area contributed by atoms with Gasteiger partial charge in [0.05, 0.1) is 24.9 Å². The van der Waals surface area contributed by atoms with Crippen molar-refractivity contribution in [1.82, 2.24) is 25.5 Å². The Bertz CT molecular complexity index is 1810. The van der Waals surface area contributed by atoms with Crippen LogP contribution in [0.25, 0.3) is 22.3 Å². The Labute approximate surface area is 294 Å². The average molecular weight is 705 g/mol. The summed E-state index contributed by atoms with van der Waals surface area (Å²) in [5.41, 5.74) is 0.431. The molecule has 14 heteroatoms. The molecule has 3 aromatic rings. The van der Waals surface area contributed by atoms with E-state index in [1.54, 1.807) is 7.11 Å². The predicted molar refractivity (Wildman–Crippen MR) is 189 cm³/mol. The third-order valence-electron chi connectivity index (χ3n) is 9.45. The van der Waals surface area contributed by atoms with Gasteiger partial charge in [-0.25, -0.2) is 14.8 Å². The molecule has 0 bridgehead atoms. The lowest BCUT2D eigenvalue weighted by molar-refractivity contribution is -0.146. The highest BCUT2D eigenvalue weighted by molar-refractivity contribution is 7.14. The van der Waals surface area contributed by atoms with Gasteiger partial charge in [-0.1, -0.05) is 25.0 Å². The maximum atomic E-state index is 14.2. The molecular formula is C36H44N6O7S. The van der Waals surface area contributed by atoms with Crippen LogP contribution in [0.2, 0.25) is 0 Å². The van der Waals surface area contributed by atoms with Crippen LogP contribution in [0.5, 0.6) is 11.5 Å². The second-order valence-corrected chi connectivity index (χ2v) is 14.5. The van der Waals surface area contributed by atoms with Crippen molar-refractivity contribution in [2.75, 3.05) is 19.0 Å². The molecule has 5 atom stereocenters. The molecule has 0 spiro atoms. The number of fused-ring (bicyclic) bond motifs is 3. The van der Waals surface area contributed by atoms with E-state index in [-0.39, 0.29) is 37.3 Å². The number of carboxylic acid groups (broad SMARTS) is 1. The number of nitrogens with one attached hydrogen (secondary N) is 3. The quantitative estimate of drug-likeness (QED) is 0.245. The number of rotatable bonds is 8. The van der Waals surface area contributed by atoms with Gasteiger partial charge in [-0.2, -0.15) is 0 Å². The molecule has 1 saturated carbocycles. The molecule has 2 aromatic heterocycles. The summed E-state index contributed by atoms with van der Waals surface area (Å²) in [4.78, 5) is 63.8. The van der Waals surface area contributed by atoms with Crippen molar-refractivity contribution in [2.45, 2.75) is 95.5 Å². The smallest absolute Gasteiger partial charge is 0.330 e. The summed E-state index contributed by atoms with van der Waals surface area (Å²) in [5, 5.41) is 22.4. The first kappa shape index (κ1) is 35.1. The van der Waals surface area contributed by atoms with Crippen LogP contribution in [0.4, 0.5) is 5.13 Å². The minimum atomic E-state index is -1.43. The van der Waals surface area contributed by atoms with E-state index in [0.29, 0.717) is 46.6 Å². The Morgan fingerprint density at radius 2 is 1.96 bits per heavy atom. The lowest BCUT2D eigenvalue weighted by atomic mass is 10.0. The fourth-order valence-electron chi connectivity index (χ4n) is 6.81. The third-order valence-corrected chi connectivity index (χ3v) is 10.2. The molecule has 3 amide bonds. The number of carbonyl (C=O) groups excluding carboxylic acids is 3. The van der Waals surface area contributed by atoms with Crippen molar-refractivity contribution in [1.29, 1.82) is 0 Å². The third kappa shape index (κ3) is 7.54. The summed E-state index contributed by atoms with van der Waals surface area (Å²) < 4.78 is 12.1. The summed E-state index contributed by atoms with van der Waals surface area (Å²) in [5.74, 6) is -1.63. The summed E-state index contributed by atoms with van der Waals surface area (Å²) in [6.07, 6.45) is 7.21. The zero-order chi connectivity index (χ0) is 35.6. The fourth-order valence-corrected chi connectivity index (χ4v) is 7.66. The maximum absolute atomic E-state index is 14.2. The number of thiazole rings is 1. The Morgan fingerprint density at radius 1 is 1.14 bits per heavy atom. The standard InChI is InChI=1S/C36H44N6O7S/c1-20(2)37-35-40-29(19-50-35)28-16-31(25-13-12-23(48-4)14-27(25)39-28)49-24-15-30-32(44)41-36(34(46)47)17-22(36)10-8-6-5-7-9-11-26(38-21(3)43)33(45)42(30)18-24/h8,10,12-14,16,19-20,22,24,26,30H,5-7,9,11,15,17-18H2,1-4H3,(H,37,40)(H,38,43)(H,41,44)(H,46,47)/b10-8-/t22?,24-,26+,30+,36-/m1/s1. The number of hydrogen-bond donors (Lipinski definition) is 4.